The van der Waals surface area contributed by atoms with Crippen LogP contribution >= 0.6 is 11.8 Å². The Morgan fingerprint density at radius 3 is 3.08 bits per heavy atom. The van der Waals surface area contributed by atoms with Crippen LogP contribution in [-0.2, 0) is 4.79 Å². The van der Waals surface area contributed by atoms with Crippen molar-refractivity contribution in [2.75, 3.05) is 17.2 Å². The normalized spacial score (nSPS) is 16.2. The van der Waals surface area contributed by atoms with Gasteiger partial charge in [-0.2, -0.15) is 0 Å². The van der Waals surface area contributed by atoms with Crippen LogP contribution in [0.4, 0.5) is 5.69 Å². The fourth-order valence-electron chi connectivity index (χ4n) is 1.46. The Hall–Kier alpha value is -0.960. The second-order valence-electron chi connectivity index (χ2n) is 2.97. The van der Waals surface area contributed by atoms with E-state index in [1.165, 1.54) is 4.90 Å². The molecule has 0 aromatic heterocycles. The number of benzene rings is 1. The van der Waals surface area contributed by atoms with Crippen LogP contribution in [0.1, 0.15) is 6.42 Å². The summed E-state index contributed by atoms with van der Waals surface area (Å²) in [5.74, 6) is 1.10. The van der Waals surface area contributed by atoms with E-state index in [4.69, 9.17) is 0 Å². The third-order valence-electron chi connectivity index (χ3n) is 2.10. The third-order valence-corrected chi connectivity index (χ3v) is 3.25. The molecule has 1 amide bonds. The summed E-state index contributed by atoms with van der Waals surface area (Å²) in [5.41, 5.74) is 1.06. The number of carbonyl (C=O) groups excluding carboxylic acids is 1. The summed E-state index contributed by atoms with van der Waals surface area (Å²) in [7, 11) is 0. The number of rotatable bonds is 1. The highest BCUT2D eigenvalue weighted by atomic mass is 32.2. The van der Waals surface area contributed by atoms with E-state index in [1.807, 2.05) is 30.0 Å². The van der Waals surface area contributed by atoms with Crippen molar-refractivity contribution in [3.63, 3.8) is 0 Å². The molecule has 3 heteroatoms. The lowest BCUT2D eigenvalue weighted by molar-refractivity contribution is -0.107. The maximum atomic E-state index is 10.8. The largest absolute Gasteiger partial charge is 0.314 e. The van der Waals surface area contributed by atoms with Gasteiger partial charge in [-0.05, 0) is 24.3 Å². The summed E-state index contributed by atoms with van der Waals surface area (Å²) in [4.78, 5) is 13.8. The van der Waals surface area contributed by atoms with Crippen LogP contribution < -0.4 is 4.90 Å². The van der Waals surface area contributed by atoms with Crippen molar-refractivity contribution in [2.24, 2.45) is 0 Å². The lowest BCUT2D eigenvalue weighted by atomic mass is 10.3. The molecule has 0 unspecified atom stereocenters. The molecule has 0 bridgehead atoms. The number of carbonyl (C=O) groups is 1. The average Bonchev–Trinajstić information content (AvgIpc) is 2.39. The fraction of sp³-hybridized carbons (Fsp3) is 0.300. The number of fused-ring (bicyclic) bond motifs is 1. The molecule has 0 saturated carbocycles. The van der Waals surface area contributed by atoms with Gasteiger partial charge >= 0.3 is 0 Å². The number of hydrogen-bond acceptors (Lipinski definition) is 2. The molecule has 0 atom stereocenters. The molecular formula is C10H11NOS. The van der Waals surface area contributed by atoms with E-state index >= 15 is 0 Å². The highest BCUT2D eigenvalue weighted by Crippen LogP contribution is 2.32. The minimum atomic E-state index is 0.841. The van der Waals surface area contributed by atoms with Gasteiger partial charge in [-0.15, -0.1) is 11.8 Å². The van der Waals surface area contributed by atoms with Crippen LogP contribution in [0.2, 0.25) is 0 Å². The van der Waals surface area contributed by atoms with Gasteiger partial charge in [0, 0.05) is 11.4 Å². The van der Waals surface area contributed by atoms with Crippen LogP contribution in [0.25, 0.3) is 0 Å². The number of para-hydroxylation sites is 1. The fourth-order valence-corrected chi connectivity index (χ4v) is 2.46. The minimum absolute atomic E-state index is 0.841. The predicted molar refractivity (Wildman–Crippen MR) is 55.2 cm³/mol. The van der Waals surface area contributed by atoms with Gasteiger partial charge in [0.05, 0.1) is 5.69 Å². The zero-order valence-electron chi connectivity index (χ0n) is 7.27. The molecule has 0 spiro atoms. The van der Waals surface area contributed by atoms with Gasteiger partial charge in [0.2, 0.25) is 6.41 Å². The second kappa shape index (κ2) is 3.83. The second-order valence-corrected chi connectivity index (χ2v) is 4.11. The number of hydrogen-bond donors (Lipinski definition) is 0. The zero-order valence-corrected chi connectivity index (χ0v) is 8.09. The van der Waals surface area contributed by atoms with E-state index in [0.717, 1.165) is 30.8 Å². The topological polar surface area (TPSA) is 20.3 Å². The Kier molecular flexibility index (Phi) is 2.54. The molecule has 0 N–H and O–H groups in total. The van der Waals surface area contributed by atoms with Crippen molar-refractivity contribution in [3.05, 3.63) is 24.3 Å². The molecule has 0 fully saturated rings. The van der Waals surface area contributed by atoms with Gasteiger partial charge < -0.3 is 4.90 Å². The first kappa shape index (κ1) is 8.63. The molecule has 0 saturated heterocycles. The molecule has 1 aromatic rings. The first-order valence-corrected chi connectivity index (χ1v) is 5.34. The molecule has 0 aliphatic carbocycles. The van der Waals surface area contributed by atoms with Gasteiger partial charge in [0.1, 0.15) is 0 Å². The summed E-state index contributed by atoms with van der Waals surface area (Å²) in [6.07, 6.45) is 1.99. The highest BCUT2D eigenvalue weighted by molar-refractivity contribution is 7.99. The summed E-state index contributed by atoms with van der Waals surface area (Å²) in [5, 5.41) is 0. The van der Waals surface area contributed by atoms with E-state index in [-0.39, 0.29) is 0 Å². The SMILES string of the molecule is O=CN1CCCSc2ccccc21. The standard InChI is InChI=1S/C10H11NOS/c12-8-11-6-3-7-13-10-5-2-1-4-9(10)11/h1-2,4-5,8H,3,6-7H2. The first-order chi connectivity index (χ1) is 6.42. The minimum Gasteiger partial charge on any atom is -0.314 e. The Balaban J connectivity index is 2.41. The van der Waals surface area contributed by atoms with Crippen molar-refractivity contribution in [2.45, 2.75) is 11.3 Å². The van der Waals surface area contributed by atoms with Gasteiger partial charge in [0.15, 0.2) is 0 Å². The molecule has 68 valence electrons. The molecule has 1 heterocycles. The summed E-state index contributed by atoms with van der Waals surface area (Å²) in [6.45, 7) is 0.841. The van der Waals surface area contributed by atoms with Gasteiger partial charge in [-0.25, -0.2) is 0 Å². The monoisotopic (exact) mass is 193 g/mol. The Morgan fingerprint density at radius 1 is 1.38 bits per heavy atom. The van der Waals surface area contributed by atoms with E-state index in [2.05, 4.69) is 6.07 Å². The van der Waals surface area contributed by atoms with Gasteiger partial charge in [-0.1, -0.05) is 12.1 Å². The van der Waals surface area contributed by atoms with E-state index in [1.54, 1.807) is 4.90 Å². The number of anilines is 1. The van der Waals surface area contributed by atoms with Crippen LogP contribution in [0.5, 0.6) is 0 Å². The zero-order chi connectivity index (χ0) is 9.10. The lowest BCUT2D eigenvalue weighted by Gasteiger charge is -2.16. The number of amides is 1. The Labute approximate surface area is 81.9 Å². The summed E-state index contributed by atoms with van der Waals surface area (Å²) < 4.78 is 0. The Morgan fingerprint density at radius 2 is 2.23 bits per heavy atom. The van der Waals surface area contributed by atoms with Crippen molar-refractivity contribution >= 4 is 23.9 Å². The average molecular weight is 193 g/mol. The molecular weight excluding hydrogens is 182 g/mol. The van der Waals surface area contributed by atoms with Crippen LogP contribution in [0, 0.1) is 0 Å². The summed E-state index contributed by atoms with van der Waals surface area (Å²) in [6, 6.07) is 8.06. The molecule has 1 aliphatic rings. The smallest absolute Gasteiger partial charge is 0.214 e. The van der Waals surface area contributed by atoms with E-state index < -0.39 is 0 Å². The number of thioether (sulfide) groups is 1. The molecule has 1 aromatic carbocycles. The van der Waals surface area contributed by atoms with Crippen molar-refractivity contribution < 1.29 is 4.79 Å². The molecule has 0 radical (unpaired) electrons. The predicted octanol–water partition coefficient (Wildman–Crippen LogP) is 2.15. The first-order valence-electron chi connectivity index (χ1n) is 4.35. The number of nitrogens with zero attached hydrogens (tertiary/aromatic N) is 1. The lowest BCUT2D eigenvalue weighted by Crippen LogP contribution is -2.21. The van der Waals surface area contributed by atoms with E-state index in [9.17, 15) is 4.79 Å². The van der Waals surface area contributed by atoms with Crippen molar-refractivity contribution in [3.8, 4) is 0 Å². The maximum Gasteiger partial charge on any atom is 0.214 e. The van der Waals surface area contributed by atoms with E-state index in [0.29, 0.717) is 0 Å². The Bertz CT molecular complexity index is 314. The van der Waals surface area contributed by atoms with Crippen LogP contribution in [-0.4, -0.2) is 18.7 Å². The third kappa shape index (κ3) is 1.70. The maximum absolute atomic E-state index is 10.8. The quantitative estimate of drug-likeness (QED) is 0.637. The molecule has 1 aliphatic heterocycles. The highest BCUT2D eigenvalue weighted by Gasteiger charge is 2.13. The van der Waals surface area contributed by atoms with Crippen LogP contribution in [0.3, 0.4) is 0 Å². The van der Waals surface area contributed by atoms with Crippen LogP contribution in [0.15, 0.2) is 29.2 Å². The molecule has 2 rings (SSSR count). The molecule has 13 heavy (non-hydrogen) atoms. The van der Waals surface area contributed by atoms with Crippen molar-refractivity contribution in [1.29, 1.82) is 0 Å². The summed E-state index contributed by atoms with van der Waals surface area (Å²) >= 11 is 1.83. The van der Waals surface area contributed by atoms with Gasteiger partial charge in [0.25, 0.3) is 0 Å². The van der Waals surface area contributed by atoms with Gasteiger partial charge in [-0.3, -0.25) is 4.79 Å². The van der Waals surface area contributed by atoms with Crippen molar-refractivity contribution in [1.82, 2.24) is 0 Å². The molecule has 2 nitrogen and oxygen atoms in total.